The molecule has 2 heterocycles. The number of para-hydroxylation sites is 1. The van der Waals surface area contributed by atoms with Crippen molar-refractivity contribution in [1.82, 2.24) is 9.97 Å². The van der Waals surface area contributed by atoms with Gasteiger partial charge < -0.3 is 9.72 Å². The highest BCUT2D eigenvalue weighted by Crippen LogP contribution is 2.36. The number of halogens is 1. The van der Waals surface area contributed by atoms with Gasteiger partial charge in [0.05, 0.1) is 12.2 Å². The first-order chi connectivity index (χ1) is 12.2. The second-order valence-electron chi connectivity index (χ2n) is 5.67. The van der Waals surface area contributed by atoms with E-state index in [-0.39, 0.29) is 5.97 Å². The molecule has 4 rings (SSSR count). The highest BCUT2D eigenvalue weighted by atomic mass is 35.5. The number of fused-ring (bicyclic) bond motifs is 3. The van der Waals surface area contributed by atoms with Gasteiger partial charge >= 0.3 is 5.97 Å². The molecular formula is C20H15ClN2O2. The second-order valence-corrected chi connectivity index (χ2v) is 6.10. The Balaban J connectivity index is 2.11. The number of esters is 1. The standard InChI is InChI=1S/C20H15ClN2O2/c1-2-25-20(24)15-11-22-19-18(14-5-3-4-6-16(14)23-19)17(15)12-7-9-13(21)10-8-12/h3-11H,2H2,1H3,(H,22,23). The molecule has 0 aliphatic carbocycles. The Morgan fingerprint density at radius 3 is 2.68 bits per heavy atom. The van der Waals surface area contributed by atoms with E-state index in [1.807, 2.05) is 48.5 Å². The zero-order chi connectivity index (χ0) is 17.4. The number of carbonyl (C=O) groups is 1. The van der Waals surface area contributed by atoms with Crippen molar-refractivity contribution in [2.75, 3.05) is 6.61 Å². The lowest BCUT2D eigenvalue weighted by atomic mass is 9.96. The van der Waals surface area contributed by atoms with Gasteiger partial charge in [-0.2, -0.15) is 0 Å². The molecule has 0 atom stereocenters. The monoisotopic (exact) mass is 350 g/mol. The smallest absolute Gasteiger partial charge is 0.340 e. The van der Waals surface area contributed by atoms with Crippen molar-refractivity contribution >= 4 is 39.5 Å². The molecule has 0 aliphatic rings. The Morgan fingerprint density at radius 2 is 1.92 bits per heavy atom. The van der Waals surface area contributed by atoms with Crippen molar-refractivity contribution in [2.24, 2.45) is 0 Å². The first-order valence-corrected chi connectivity index (χ1v) is 8.39. The molecule has 0 amide bonds. The maximum Gasteiger partial charge on any atom is 0.340 e. The molecule has 2 aromatic carbocycles. The SMILES string of the molecule is CCOC(=O)c1cnc2[nH]c3ccccc3c2c1-c1ccc(Cl)cc1. The van der Waals surface area contributed by atoms with E-state index in [0.717, 1.165) is 33.1 Å². The van der Waals surface area contributed by atoms with Crippen LogP contribution in [0, 0.1) is 0 Å². The summed E-state index contributed by atoms with van der Waals surface area (Å²) in [5.41, 5.74) is 3.85. The van der Waals surface area contributed by atoms with Crippen LogP contribution in [-0.4, -0.2) is 22.5 Å². The normalized spacial score (nSPS) is 11.1. The van der Waals surface area contributed by atoms with Gasteiger partial charge in [-0.1, -0.05) is 41.9 Å². The van der Waals surface area contributed by atoms with Crippen LogP contribution in [0.5, 0.6) is 0 Å². The summed E-state index contributed by atoms with van der Waals surface area (Å²) >= 11 is 6.03. The molecule has 0 radical (unpaired) electrons. The van der Waals surface area contributed by atoms with Gasteiger partial charge in [0, 0.05) is 33.1 Å². The van der Waals surface area contributed by atoms with Crippen LogP contribution in [0.1, 0.15) is 17.3 Å². The number of nitrogens with one attached hydrogen (secondary N) is 1. The fourth-order valence-corrected chi connectivity index (χ4v) is 3.21. The van der Waals surface area contributed by atoms with Crippen LogP contribution in [0.15, 0.2) is 54.7 Å². The number of nitrogens with zero attached hydrogens (tertiary/aromatic N) is 1. The minimum Gasteiger partial charge on any atom is -0.462 e. The van der Waals surface area contributed by atoms with E-state index >= 15 is 0 Å². The van der Waals surface area contributed by atoms with Gasteiger partial charge in [0.2, 0.25) is 0 Å². The third-order valence-corrected chi connectivity index (χ3v) is 4.41. The molecule has 124 valence electrons. The van der Waals surface area contributed by atoms with Gasteiger partial charge in [-0.25, -0.2) is 9.78 Å². The number of aromatic nitrogens is 2. The van der Waals surface area contributed by atoms with Gasteiger partial charge in [0.15, 0.2) is 0 Å². The number of pyridine rings is 1. The molecule has 0 bridgehead atoms. The molecule has 4 aromatic rings. The molecule has 25 heavy (non-hydrogen) atoms. The largest absolute Gasteiger partial charge is 0.462 e. The molecule has 0 saturated heterocycles. The number of hydrogen-bond donors (Lipinski definition) is 1. The summed E-state index contributed by atoms with van der Waals surface area (Å²) in [5, 5.41) is 2.57. The van der Waals surface area contributed by atoms with Crippen molar-refractivity contribution in [3.63, 3.8) is 0 Å². The summed E-state index contributed by atoms with van der Waals surface area (Å²) in [6, 6.07) is 15.4. The van der Waals surface area contributed by atoms with Crippen LogP contribution < -0.4 is 0 Å². The average molecular weight is 351 g/mol. The maximum atomic E-state index is 12.5. The summed E-state index contributed by atoms with van der Waals surface area (Å²) in [6.45, 7) is 2.10. The Labute approximate surface area is 149 Å². The first kappa shape index (κ1) is 15.7. The molecule has 5 heteroatoms. The van der Waals surface area contributed by atoms with E-state index in [0.29, 0.717) is 17.2 Å². The number of aromatic amines is 1. The van der Waals surface area contributed by atoms with Crippen LogP contribution >= 0.6 is 11.6 Å². The first-order valence-electron chi connectivity index (χ1n) is 8.01. The zero-order valence-electron chi connectivity index (χ0n) is 13.5. The topological polar surface area (TPSA) is 55.0 Å². The molecular weight excluding hydrogens is 336 g/mol. The molecule has 0 aliphatic heterocycles. The summed E-state index contributed by atoms with van der Waals surface area (Å²) in [6.07, 6.45) is 1.57. The summed E-state index contributed by atoms with van der Waals surface area (Å²) in [5.74, 6) is -0.382. The number of carbonyl (C=O) groups excluding carboxylic acids is 1. The number of hydrogen-bond acceptors (Lipinski definition) is 3. The fourth-order valence-electron chi connectivity index (χ4n) is 3.09. The number of benzene rings is 2. The van der Waals surface area contributed by atoms with E-state index in [9.17, 15) is 4.79 Å². The van der Waals surface area contributed by atoms with Crippen LogP contribution in [-0.2, 0) is 4.74 Å². The highest BCUT2D eigenvalue weighted by molar-refractivity contribution is 6.30. The van der Waals surface area contributed by atoms with Crippen molar-refractivity contribution < 1.29 is 9.53 Å². The quantitative estimate of drug-likeness (QED) is 0.516. The van der Waals surface area contributed by atoms with Crippen LogP contribution in [0.4, 0.5) is 0 Å². The van der Waals surface area contributed by atoms with Crippen molar-refractivity contribution in [3.05, 3.63) is 65.3 Å². The second kappa shape index (κ2) is 6.22. The van der Waals surface area contributed by atoms with E-state index in [1.54, 1.807) is 13.1 Å². The van der Waals surface area contributed by atoms with Gasteiger partial charge in [0.1, 0.15) is 5.65 Å². The number of H-pyrrole nitrogens is 1. The zero-order valence-corrected chi connectivity index (χ0v) is 14.3. The van der Waals surface area contributed by atoms with Crippen LogP contribution in [0.25, 0.3) is 33.1 Å². The maximum absolute atomic E-state index is 12.5. The average Bonchev–Trinajstić information content (AvgIpc) is 3.00. The van der Waals surface area contributed by atoms with Gasteiger partial charge in [-0.15, -0.1) is 0 Å². The van der Waals surface area contributed by atoms with Gasteiger partial charge in [-0.3, -0.25) is 0 Å². The van der Waals surface area contributed by atoms with Gasteiger partial charge in [0.25, 0.3) is 0 Å². The summed E-state index contributed by atoms with van der Waals surface area (Å²) < 4.78 is 5.24. The van der Waals surface area contributed by atoms with E-state index in [1.165, 1.54) is 0 Å². The summed E-state index contributed by atoms with van der Waals surface area (Å²) in [7, 11) is 0. The predicted molar refractivity (Wildman–Crippen MR) is 100 cm³/mol. The molecule has 2 aromatic heterocycles. The lowest BCUT2D eigenvalue weighted by molar-refractivity contribution is 0.0527. The Bertz CT molecular complexity index is 1080. The van der Waals surface area contributed by atoms with Crippen LogP contribution in [0.3, 0.4) is 0 Å². The number of rotatable bonds is 3. The van der Waals surface area contributed by atoms with Crippen molar-refractivity contribution in [2.45, 2.75) is 6.92 Å². The number of ether oxygens (including phenoxy) is 1. The molecule has 0 spiro atoms. The van der Waals surface area contributed by atoms with E-state index in [2.05, 4.69) is 9.97 Å². The molecule has 0 unspecified atom stereocenters. The minimum absolute atomic E-state index is 0.310. The fraction of sp³-hybridized carbons (Fsp3) is 0.100. The van der Waals surface area contributed by atoms with Crippen molar-refractivity contribution in [1.29, 1.82) is 0 Å². The Kier molecular flexibility index (Phi) is 3.90. The third kappa shape index (κ3) is 2.65. The Hall–Kier alpha value is -2.85. The summed E-state index contributed by atoms with van der Waals surface area (Å²) in [4.78, 5) is 20.3. The van der Waals surface area contributed by atoms with Gasteiger partial charge in [-0.05, 0) is 30.7 Å². The van der Waals surface area contributed by atoms with E-state index in [4.69, 9.17) is 16.3 Å². The van der Waals surface area contributed by atoms with E-state index < -0.39 is 0 Å². The lowest BCUT2D eigenvalue weighted by Crippen LogP contribution is -2.07. The van der Waals surface area contributed by atoms with Crippen molar-refractivity contribution in [3.8, 4) is 11.1 Å². The Morgan fingerprint density at radius 1 is 1.16 bits per heavy atom. The molecule has 1 N–H and O–H groups in total. The molecule has 0 saturated carbocycles. The lowest BCUT2D eigenvalue weighted by Gasteiger charge is -2.11. The van der Waals surface area contributed by atoms with Crippen LogP contribution in [0.2, 0.25) is 5.02 Å². The molecule has 0 fully saturated rings. The minimum atomic E-state index is -0.382. The predicted octanol–water partition coefficient (Wildman–Crippen LogP) is 5.21. The third-order valence-electron chi connectivity index (χ3n) is 4.16. The highest BCUT2D eigenvalue weighted by Gasteiger charge is 2.20. The molecule has 4 nitrogen and oxygen atoms in total.